The lowest BCUT2D eigenvalue weighted by Crippen LogP contribution is -2.32. The summed E-state index contributed by atoms with van der Waals surface area (Å²) in [5.74, 6) is 0.979. The van der Waals surface area contributed by atoms with Gasteiger partial charge in [0.1, 0.15) is 5.82 Å². The Kier molecular flexibility index (Phi) is 4.98. The summed E-state index contributed by atoms with van der Waals surface area (Å²) >= 11 is 0. The number of nitrogens with two attached hydrogens (primary N) is 1. The van der Waals surface area contributed by atoms with Gasteiger partial charge in [-0.15, -0.1) is 0 Å². The molecule has 0 bridgehead atoms. The number of aromatic nitrogens is 2. The second-order valence-electron chi connectivity index (χ2n) is 5.95. The summed E-state index contributed by atoms with van der Waals surface area (Å²) in [5.41, 5.74) is 7.78. The van der Waals surface area contributed by atoms with Crippen LogP contribution in [0.4, 0.5) is 11.8 Å². The van der Waals surface area contributed by atoms with Crippen molar-refractivity contribution in [3.05, 3.63) is 11.3 Å². The van der Waals surface area contributed by atoms with Crippen LogP contribution < -0.4 is 16.4 Å². The molecule has 0 spiro atoms. The van der Waals surface area contributed by atoms with E-state index >= 15 is 0 Å². The quantitative estimate of drug-likeness (QED) is 0.667. The highest BCUT2D eigenvalue weighted by Crippen LogP contribution is 2.20. The van der Waals surface area contributed by atoms with Gasteiger partial charge < -0.3 is 16.4 Å². The van der Waals surface area contributed by atoms with Gasteiger partial charge in [0.25, 0.3) is 0 Å². The number of nitrogen functional groups attached to an aromatic ring is 1. The maximum atomic E-state index is 12.3. The van der Waals surface area contributed by atoms with E-state index in [1.165, 1.54) is 0 Å². The molecule has 0 saturated carbocycles. The number of anilines is 2. The first kappa shape index (κ1) is 16.4. The van der Waals surface area contributed by atoms with Gasteiger partial charge in [-0.05, 0) is 25.8 Å². The Morgan fingerprint density at radius 3 is 2.70 bits per heavy atom. The maximum absolute atomic E-state index is 12.3. The molecule has 3 heterocycles. The molecular weight excluding hydrogens is 316 g/mol. The third-order valence-electron chi connectivity index (χ3n) is 4.31. The van der Waals surface area contributed by atoms with E-state index in [1.54, 1.807) is 4.31 Å². The molecule has 1 fully saturated rings. The fourth-order valence-electron chi connectivity index (χ4n) is 3.10. The molecule has 2 aliphatic rings. The Balaban J connectivity index is 1.67. The number of hydrogen-bond donors (Lipinski definition) is 3. The van der Waals surface area contributed by atoms with Crippen molar-refractivity contribution < 1.29 is 8.42 Å². The number of sulfonamides is 1. The maximum Gasteiger partial charge on any atom is 0.222 e. The molecule has 9 heteroatoms. The Hall–Kier alpha value is -1.45. The Bertz CT molecular complexity index is 657. The molecule has 4 N–H and O–H groups in total. The summed E-state index contributed by atoms with van der Waals surface area (Å²) in [4.78, 5) is 8.58. The zero-order chi connectivity index (χ0) is 16.3. The van der Waals surface area contributed by atoms with Crippen molar-refractivity contribution in [1.29, 1.82) is 0 Å². The van der Waals surface area contributed by atoms with Crippen LogP contribution in [-0.4, -0.2) is 61.2 Å². The normalized spacial score (nSPS) is 19.3. The summed E-state index contributed by atoms with van der Waals surface area (Å²) in [5, 5.41) is 6.48. The first-order chi connectivity index (χ1) is 11.1. The molecule has 1 saturated heterocycles. The summed E-state index contributed by atoms with van der Waals surface area (Å²) in [6.45, 7) is 3.34. The van der Waals surface area contributed by atoms with Gasteiger partial charge in [0.15, 0.2) is 0 Å². The van der Waals surface area contributed by atoms with Crippen molar-refractivity contribution in [2.45, 2.75) is 25.7 Å². The highest BCUT2D eigenvalue weighted by Gasteiger charge is 2.25. The van der Waals surface area contributed by atoms with Gasteiger partial charge in [0, 0.05) is 38.2 Å². The van der Waals surface area contributed by atoms with Crippen LogP contribution in [0.2, 0.25) is 0 Å². The number of hydrogen-bond acceptors (Lipinski definition) is 7. The largest absolute Gasteiger partial charge is 0.369 e. The molecule has 8 nitrogen and oxygen atoms in total. The predicted octanol–water partition coefficient (Wildman–Crippen LogP) is -0.415. The molecule has 0 radical (unpaired) electrons. The molecule has 0 atom stereocenters. The average molecular weight is 340 g/mol. The Labute approximate surface area is 136 Å². The second kappa shape index (κ2) is 6.98. The fraction of sp³-hybridized carbons (Fsp3) is 0.714. The second-order valence-corrected chi connectivity index (χ2v) is 8.04. The van der Waals surface area contributed by atoms with E-state index in [1.807, 2.05) is 0 Å². The van der Waals surface area contributed by atoms with Crippen LogP contribution in [0.5, 0.6) is 0 Å². The lowest BCUT2D eigenvalue weighted by atomic mass is 10.1. The molecule has 0 aliphatic carbocycles. The van der Waals surface area contributed by atoms with E-state index in [-0.39, 0.29) is 11.7 Å². The number of fused-ring (bicyclic) bond motifs is 1. The average Bonchev–Trinajstić information content (AvgIpc) is 2.95. The van der Waals surface area contributed by atoms with E-state index in [0.717, 1.165) is 50.0 Å². The summed E-state index contributed by atoms with van der Waals surface area (Å²) in [6, 6.07) is 0. The molecule has 3 rings (SSSR count). The van der Waals surface area contributed by atoms with Crippen LogP contribution in [0, 0.1) is 0 Å². The molecule has 128 valence electrons. The number of nitrogens with one attached hydrogen (secondary N) is 2. The SMILES string of the molecule is Nc1nc2c(c(NCCS(=O)(=O)N3CCCC3)n1)CCNCC2. The molecule has 1 aromatic rings. The monoisotopic (exact) mass is 340 g/mol. The zero-order valence-corrected chi connectivity index (χ0v) is 14.0. The van der Waals surface area contributed by atoms with Crippen LogP contribution in [0.15, 0.2) is 0 Å². The molecule has 0 unspecified atom stereocenters. The number of rotatable bonds is 5. The molecule has 0 aromatic carbocycles. The molecule has 23 heavy (non-hydrogen) atoms. The minimum atomic E-state index is -3.18. The predicted molar refractivity (Wildman–Crippen MR) is 89.8 cm³/mol. The van der Waals surface area contributed by atoms with E-state index in [9.17, 15) is 8.42 Å². The first-order valence-electron chi connectivity index (χ1n) is 8.14. The highest BCUT2D eigenvalue weighted by molar-refractivity contribution is 7.89. The van der Waals surface area contributed by atoms with Crippen LogP contribution >= 0.6 is 0 Å². The van der Waals surface area contributed by atoms with Crippen molar-refractivity contribution in [3.8, 4) is 0 Å². The Morgan fingerprint density at radius 2 is 1.91 bits per heavy atom. The van der Waals surface area contributed by atoms with Gasteiger partial charge >= 0.3 is 0 Å². The first-order valence-corrected chi connectivity index (χ1v) is 9.75. The van der Waals surface area contributed by atoms with Gasteiger partial charge in [-0.3, -0.25) is 0 Å². The topological polar surface area (TPSA) is 113 Å². The molecule has 2 aliphatic heterocycles. The summed E-state index contributed by atoms with van der Waals surface area (Å²) in [7, 11) is -3.18. The van der Waals surface area contributed by atoms with Crippen molar-refractivity contribution in [1.82, 2.24) is 19.6 Å². The molecule has 0 amide bonds. The number of nitrogens with zero attached hydrogens (tertiary/aromatic N) is 3. The van der Waals surface area contributed by atoms with Crippen LogP contribution in [0.25, 0.3) is 0 Å². The van der Waals surface area contributed by atoms with Crippen molar-refractivity contribution in [3.63, 3.8) is 0 Å². The smallest absolute Gasteiger partial charge is 0.222 e. The van der Waals surface area contributed by atoms with Crippen molar-refractivity contribution in [2.75, 3.05) is 49.5 Å². The minimum absolute atomic E-state index is 0.0733. The van der Waals surface area contributed by atoms with Gasteiger partial charge in [-0.2, -0.15) is 4.98 Å². The standard InChI is InChI=1S/C14H24N6O2S/c15-14-18-12-4-6-16-5-3-11(12)13(19-14)17-7-10-23(21,22)20-8-1-2-9-20/h16H,1-10H2,(H3,15,17,18,19). The summed E-state index contributed by atoms with van der Waals surface area (Å²) < 4.78 is 26.1. The van der Waals surface area contributed by atoms with Gasteiger partial charge in [-0.1, -0.05) is 0 Å². The summed E-state index contributed by atoms with van der Waals surface area (Å²) in [6.07, 6.45) is 3.53. The molecule has 1 aromatic heterocycles. The van der Waals surface area contributed by atoms with E-state index in [4.69, 9.17) is 5.73 Å². The fourth-order valence-corrected chi connectivity index (χ4v) is 4.54. The van der Waals surface area contributed by atoms with E-state index in [2.05, 4.69) is 20.6 Å². The van der Waals surface area contributed by atoms with Crippen molar-refractivity contribution >= 4 is 21.8 Å². The third-order valence-corrected chi connectivity index (χ3v) is 6.18. The van der Waals surface area contributed by atoms with E-state index < -0.39 is 10.0 Å². The minimum Gasteiger partial charge on any atom is -0.369 e. The lowest BCUT2D eigenvalue weighted by Gasteiger charge is -2.17. The van der Waals surface area contributed by atoms with Crippen LogP contribution in [-0.2, 0) is 22.9 Å². The third kappa shape index (κ3) is 3.91. The van der Waals surface area contributed by atoms with Gasteiger partial charge in [0.05, 0.1) is 11.4 Å². The van der Waals surface area contributed by atoms with Crippen LogP contribution in [0.1, 0.15) is 24.1 Å². The molecular formula is C14H24N6O2S. The van der Waals surface area contributed by atoms with Crippen LogP contribution in [0.3, 0.4) is 0 Å². The zero-order valence-electron chi connectivity index (χ0n) is 13.2. The van der Waals surface area contributed by atoms with Crippen molar-refractivity contribution in [2.24, 2.45) is 0 Å². The van der Waals surface area contributed by atoms with Gasteiger partial charge in [0.2, 0.25) is 16.0 Å². The lowest BCUT2D eigenvalue weighted by molar-refractivity contribution is 0.478. The Morgan fingerprint density at radius 1 is 1.17 bits per heavy atom. The highest BCUT2D eigenvalue weighted by atomic mass is 32.2. The van der Waals surface area contributed by atoms with E-state index in [0.29, 0.717) is 25.5 Å². The van der Waals surface area contributed by atoms with Gasteiger partial charge in [-0.25, -0.2) is 17.7 Å².